The Morgan fingerprint density at radius 3 is 1.70 bits per heavy atom. The molecule has 0 aromatic heterocycles. The molecule has 0 radical (unpaired) electrons. The molecule has 2 aromatic carbocycles. The van der Waals surface area contributed by atoms with Crippen LogP contribution in [-0.2, 0) is 0 Å². The Morgan fingerprint density at radius 2 is 1.33 bits per heavy atom. The van der Waals surface area contributed by atoms with E-state index in [4.69, 9.17) is 14.2 Å². The van der Waals surface area contributed by atoms with Gasteiger partial charge >= 0.3 is 0 Å². The Bertz CT molecular complexity index is 761. The highest BCUT2D eigenvalue weighted by molar-refractivity contribution is 6.06. The lowest BCUT2D eigenvalue weighted by Crippen LogP contribution is -2.16. The van der Waals surface area contributed by atoms with Gasteiger partial charge in [-0.15, -0.1) is 0 Å². The summed E-state index contributed by atoms with van der Waals surface area (Å²) in [6, 6.07) is 9.47. The zero-order valence-electron chi connectivity index (χ0n) is 17.2. The number of nitrogens with one attached hydrogen (secondary N) is 1. The standard InChI is InChI=1S/C22H29NO4/c1-13(2)16-9-8-10-17(14(3)4)20(16)23-22(24)15-11-18(25-5)21(27-7)19(12-15)26-6/h8-14H,1-7H3,(H,23,24). The van der Waals surface area contributed by atoms with Crippen molar-refractivity contribution in [3.05, 3.63) is 47.0 Å². The molecule has 146 valence electrons. The van der Waals surface area contributed by atoms with Gasteiger partial charge in [-0.25, -0.2) is 0 Å². The summed E-state index contributed by atoms with van der Waals surface area (Å²) >= 11 is 0. The van der Waals surface area contributed by atoms with Crippen LogP contribution in [0.4, 0.5) is 5.69 Å². The molecular weight excluding hydrogens is 342 g/mol. The Hall–Kier alpha value is -2.69. The van der Waals surface area contributed by atoms with Crippen molar-refractivity contribution in [3.63, 3.8) is 0 Å². The molecule has 27 heavy (non-hydrogen) atoms. The molecule has 0 heterocycles. The predicted octanol–water partition coefficient (Wildman–Crippen LogP) is 5.21. The molecule has 0 bridgehead atoms. The number of carbonyl (C=O) groups is 1. The van der Waals surface area contributed by atoms with Crippen LogP contribution in [-0.4, -0.2) is 27.2 Å². The van der Waals surface area contributed by atoms with Gasteiger partial charge in [-0.2, -0.15) is 0 Å². The van der Waals surface area contributed by atoms with Crippen LogP contribution in [0.1, 0.15) is 61.0 Å². The third kappa shape index (κ3) is 4.35. The molecule has 0 fully saturated rings. The average molecular weight is 371 g/mol. The first-order valence-electron chi connectivity index (χ1n) is 9.08. The molecule has 0 saturated heterocycles. The van der Waals surface area contributed by atoms with Gasteiger partial charge in [0.2, 0.25) is 5.75 Å². The second-order valence-corrected chi connectivity index (χ2v) is 6.99. The maximum absolute atomic E-state index is 13.0. The van der Waals surface area contributed by atoms with E-state index in [2.05, 4.69) is 45.1 Å². The Kier molecular flexibility index (Phi) is 6.72. The molecule has 1 N–H and O–H groups in total. The number of methoxy groups -OCH3 is 3. The van der Waals surface area contributed by atoms with Crippen molar-refractivity contribution in [3.8, 4) is 17.2 Å². The summed E-state index contributed by atoms with van der Waals surface area (Å²) in [6.45, 7) is 8.48. The Balaban J connectivity index is 2.49. The van der Waals surface area contributed by atoms with Crippen molar-refractivity contribution < 1.29 is 19.0 Å². The summed E-state index contributed by atoms with van der Waals surface area (Å²) in [4.78, 5) is 13.0. The zero-order valence-corrected chi connectivity index (χ0v) is 17.2. The Morgan fingerprint density at radius 1 is 0.852 bits per heavy atom. The van der Waals surface area contributed by atoms with E-state index >= 15 is 0 Å². The number of para-hydroxylation sites is 1. The number of ether oxygens (including phenoxy) is 3. The van der Waals surface area contributed by atoms with Gasteiger partial charge in [0.1, 0.15) is 0 Å². The smallest absolute Gasteiger partial charge is 0.255 e. The van der Waals surface area contributed by atoms with Crippen LogP contribution in [0.2, 0.25) is 0 Å². The molecule has 5 nitrogen and oxygen atoms in total. The average Bonchev–Trinajstić information content (AvgIpc) is 2.66. The van der Waals surface area contributed by atoms with E-state index in [-0.39, 0.29) is 5.91 Å². The van der Waals surface area contributed by atoms with Gasteiger partial charge in [-0.1, -0.05) is 45.9 Å². The second kappa shape index (κ2) is 8.80. The van der Waals surface area contributed by atoms with E-state index in [0.29, 0.717) is 34.6 Å². The van der Waals surface area contributed by atoms with Gasteiger partial charge in [0.25, 0.3) is 5.91 Å². The maximum atomic E-state index is 13.0. The molecule has 0 aliphatic carbocycles. The summed E-state index contributed by atoms with van der Waals surface area (Å²) in [5, 5.41) is 3.11. The molecule has 0 spiro atoms. The molecule has 0 aliphatic heterocycles. The molecule has 2 aromatic rings. The van der Waals surface area contributed by atoms with E-state index in [0.717, 1.165) is 16.8 Å². The predicted molar refractivity (Wildman–Crippen MR) is 109 cm³/mol. The highest BCUT2D eigenvalue weighted by Gasteiger charge is 2.20. The topological polar surface area (TPSA) is 56.8 Å². The first-order valence-corrected chi connectivity index (χ1v) is 9.08. The highest BCUT2D eigenvalue weighted by atomic mass is 16.5. The molecule has 2 rings (SSSR count). The largest absolute Gasteiger partial charge is 0.493 e. The van der Waals surface area contributed by atoms with E-state index < -0.39 is 0 Å². The normalized spacial score (nSPS) is 10.9. The van der Waals surface area contributed by atoms with Crippen LogP contribution in [0.15, 0.2) is 30.3 Å². The molecule has 0 unspecified atom stereocenters. The van der Waals surface area contributed by atoms with E-state index in [9.17, 15) is 4.79 Å². The highest BCUT2D eigenvalue weighted by Crippen LogP contribution is 2.39. The van der Waals surface area contributed by atoms with E-state index in [1.54, 1.807) is 12.1 Å². The molecule has 0 saturated carbocycles. The fourth-order valence-corrected chi connectivity index (χ4v) is 3.09. The van der Waals surface area contributed by atoms with Crippen LogP contribution >= 0.6 is 0 Å². The number of rotatable bonds is 7. The molecule has 1 amide bonds. The lowest BCUT2D eigenvalue weighted by atomic mass is 9.92. The molecular formula is C22H29NO4. The number of hydrogen-bond acceptors (Lipinski definition) is 4. The van der Waals surface area contributed by atoms with Crippen molar-refractivity contribution in [2.75, 3.05) is 26.6 Å². The summed E-state index contributed by atoms with van der Waals surface area (Å²) < 4.78 is 16.0. The van der Waals surface area contributed by atoms with Crippen molar-refractivity contribution in [1.82, 2.24) is 0 Å². The lowest BCUT2D eigenvalue weighted by Gasteiger charge is -2.20. The van der Waals surface area contributed by atoms with Crippen LogP contribution in [0.25, 0.3) is 0 Å². The van der Waals surface area contributed by atoms with E-state index in [1.165, 1.54) is 21.3 Å². The minimum absolute atomic E-state index is 0.218. The van der Waals surface area contributed by atoms with Gasteiger partial charge in [-0.3, -0.25) is 4.79 Å². The van der Waals surface area contributed by atoms with Crippen LogP contribution in [0, 0.1) is 0 Å². The van der Waals surface area contributed by atoms with Gasteiger partial charge in [-0.05, 0) is 35.1 Å². The van der Waals surface area contributed by atoms with Crippen molar-refractivity contribution >= 4 is 11.6 Å². The monoisotopic (exact) mass is 371 g/mol. The van der Waals surface area contributed by atoms with Gasteiger partial charge in [0.15, 0.2) is 11.5 Å². The molecule has 0 aliphatic rings. The van der Waals surface area contributed by atoms with E-state index in [1.807, 2.05) is 6.07 Å². The van der Waals surface area contributed by atoms with Crippen LogP contribution in [0.5, 0.6) is 17.2 Å². The SMILES string of the molecule is COc1cc(C(=O)Nc2c(C(C)C)cccc2C(C)C)cc(OC)c1OC. The minimum atomic E-state index is -0.218. The third-order valence-electron chi connectivity index (χ3n) is 4.54. The summed E-state index contributed by atoms with van der Waals surface area (Å²) in [5.41, 5.74) is 3.54. The molecule has 0 atom stereocenters. The fourth-order valence-electron chi connectivity index (χ4n) is 3.09. The van der Waals surface area contributed by atoms with Crippen molar-refractivity contribution in [1.29, 1.82) is 0 Å². The number of carbonyl (C=O) groups excluding carboxylic acids is 1. The van der Waals surface area contributed by atoms with Crippen LogP contribution in [0.3, 0.4) is 0 Å². The number of hydrogen-bond donors (Lipinski definition) is 1. The number of anilines is 1. The summed E-state index contributed by atoms with van der Waals surface area (Å²) in [5.74, 6) is 1.72. The quantitative estimate of drug-likeness (QED) is 0.726. The summed E-state index contributed by atoms with van der Waals surface area (Å²) in [7, 11) is 4.60. The van der Waals surface area contributed by atoms with Gasteiger partial charge in [0.05, 0.1) is 21.3 Å². The Labute approximate surface area is 161 Å². The second-order valence-electron chi connectivity index (χ2n) is 6.99. The number of benzene rings is 2. The van der Waals surface area contributed by atoms with Crippen molar-refractivity contribution in [2.45, 2.75) is 39.5 Å². The fraction of sp³-hybridized carbons (Fsp3) is 0.409. The molecule has 5 heteroatoms. The van der Waals surface area contributed by atoms with Crippen molar-refractivity contribution in [2.24, 2.45) is 0 Å². The zero-order chi connectivity index (χ0) is 20.1. The summed E-state index contributed by atoms with van der Waals surface area (Å²) in [6.07, 6.45) is 0. The first kappa shape index (κ1) is 20.6. The third-order valence-corrected chi connectivity index (χ3v) is 4.54. The minimum Gasteiger partial charge on any atom is -0.493 e. The van der Waals surface area contributed by atoms with Gasteiger partial charge < -0.3 is 19.5 Å². The first-order chi connectivity index (χ1) is 12.8. The lowest BCUT2D eigenvalue weighted by molar-refractivity contribution is 0.102. The van der Waals surface area contributed by atoms with Gasteiger partial charge in [0, 0.05) is 11.3 Å². The van der Waals surface area contributed by atoms with Crippen LogP contribution < -0.4 is 19.5 Å². The maximum Gasteiger partial charge on any atom is 0.255 e. The number of amides is 1.